The lowest BCUT2D eigenvalue weighted by molar-refractivity contribution is 0.234. The molecule has 1 aromatic carbocycles. The number of piperidine rings is 1. The lowest BCUT2D eigenvalue weighted by Crippen LogP contribution is -2.45. The monoisotopic (exact) mass is 443 g/mol. The molecule has 1 aromatic heterocycles. The summed E-state index contributed by atoms with van der Waals surface area (Å²) in [6, 6.07) is 10.2. The quantitative estimate of drug-likeness (QED) is 0.686. The minimum absolute atomic E-state index is 0.303. The molecule has 0 radical (unpaired) electrons. The van der Waals surface area contributed by atoms with Crippen LogP contribution in [0.15, 0.2) is 30.3 Å². The number of anilines is 1. The van der Waals surface area contributed by atoms with Crippen molar-refractivity contribution in [1.29, 1.82) is 0 Å². The van der Waals surface area contributed by atoms with E-state index in [0.29, 0.717) is 12.4 Å². The van der Waals surface area contributed by atoms with E-state index in [9.17, 15) is 8.42 Å². The predicted molar refractivity (Wildman–Crippen MR) is 123 cm³/mol. The van der Waals surface area contributed by atoms with Crippen LogP contribution in [0.2, 0.25) is 0 Å². The van der Waals surface area contributed by atoms with Crippen LogP contribution in [-0.2, 0) is 23.1 Å². The van der Waals surface area contributed by atoms with Crippen molar-refractivity contribution in [3.63, 3.8) is 0 Å². The fourth-order valence-electron chi connectivity index (χ4n) is 4.63. The SMILES string of the molecule is Cc1nc([C@H]2CCCCN2S(=O)(=O)N(C)C)nc2c1CCCN2CCc1ccccc1. The van der Waals surface area contributed by atoms with E-state index < -0.39 is 10.2 Å². The molecule has 7 nitrogen and oxygen atoms in total. The number of aromatic nitrogens is 2. The van der Waals surface area contributed by atoms with Gasteiger partial charge in [0.15, 0.2) is 0 Å². The van der Waals surface area contributed by atoms with Crippen LogP contribution in [0.3, 0.4) is 0 Å². The average molecular weight is 444 g/mol. The molecule has 2 aliphatic heterocycles. The summed E-state index contributed by atoms with van der Waals surface area (Å²) in [5, 5.41) is 0. The van der Waals surface area contributed by atoms with Gasteiger partial charge in [-0.05, 0) is 44.6 Å². The van der Waals surface area contributed by atoms with Crippen molar-refractivity contribution in [2.24, 2.45) is 0 Å². The lowest BCUT2D eigenvalue weighted by atomic mass is 10.0. The zero-order chi connectivity index (χ0) is 22.0. The van der Waals surface area contributed by atoms with Gasteiger partial charge in [-0.3, -0.25) is 0 Å². The number of benzene rings is 1. The van der Waals surface area contributed by atoms with Crippen LogP contribution >= 0.6 is 0 Å². The van der Waals surface area contributed by atoms with Gasteiger partial charge in [0.2, 0.25) is 0 Å². The first-order valence-corrected chi connectivity index (χ1v) is 12.6. The fraction of sp³-hybridized carbons (Fsp3) is 0.565. The van der Waals surface area contributed by atoms with E-state index in [-0.39, 0.29) is 6.04 Å². The Labute approximate surface area is 186 Å². The van der Waals surface area contributed by atoms with Crippen LogP contribution in [0.5, 0.6) is 0 Å². The summed E-state index contributed by atoms with van der Waals surface area (Å²) >= 11 is 0. The van der Waals surface area contributed by atoms with Crippen LogP contribution in [0.25, 0.3) is 0 Å². The molecule has 0 amide bonds. The van der Waals surface area contributed by atoms with Gasteiger partial charge in [0, 0.05) is 45.0 Å². The van der Waals surface area contributed by atoms with Gasteiger partial charge in [0.05, 0.1) is 6.04 Å². The van der Waals surface area contributed by atoms with Crippen LogP contribution in [0.4, 0.5) is 5.82 Å². The molecule has 31 heavy (non-hydrogen) atoms. The molecule has 4 rings (SSSR count). The minimum Gasteiger partial charge on any atom is -0.356 e. The highest BCUT2D eigenvalue weighted by Gasteiger charge is 2.37. The molecule has 0 unspecified atom stereocenters. The Bertz CT molecular complexity index is 1010. The summed E-state index contributed by atoms with van der Waals surface area (Å²) in [7, 11) is -0.341. The number of hydrogen-bond acceptors (Lipinski definition) is 5. The third kappa shape index (κ3) is 4.61. The number of hydrogen-bond donors (Lipinski definition) is 0. The molecule has 168 valence electrons. The molecule has 0 saturated carbocycles. The summed E-state index contributed by atoms with van der Waals surface area (Å²) in [6.45, 7) is 4.43. The molecule has 1 fully saturated rings. The molecule has 0 aliphatic carbocycles. The second kappa shape index (κ2) is 9.22. The van der Waals surface area contributed by atoms with Gasteiger partial charge in [-0.1, -0.05) is 36.8 Å². The van der Waals surface area contributed by atoms with Gasteiger partial charge in [0.25, 0.3) is 10.2 Å². The normalized spacial score (nSPS) is 20.1. The molecule has 0 N–H and O–H groups in total. The Morgan fingerprint density at radius 3 is 2.58 bits per heavy atom. The van der Waals surface area contributed by atoms with Crippen LogP contribution in [0.1, 0.15) is 54.4 Å². The summed E-state index contributed by atoms with van der Waals surface area (Å²) in [6.07, 6.45) is 5.65. The van der Waals surface area contributed by atoms with E-state index in [1.165, 1.54) is 15.4 Å². The predicted octanol–water partition coefficient (Wildman–Crippen LogP) is 3.11. The smallest absolute Gasteiger partial charge is 0.282 e. The van der Waals surface area contributed by atoms with E-state index in [1.807, 2.05) is 13.0 Å². The zero-order valence-electron chi connectivity index (χ0n) is 18.8. The van der Waals surface area contributed by atoms with Gasteiger partial charge >= 0.3 is 0 Å². The van der Waals surface area contributed by atoms with E-state index in [4.69, 9.17) is 9.97 Å². The molecule has 1 saturated heterocycles. The highest BCUT2D eigenvalue weighted by molar-refractivity contribution is 7.86. The number of fused-ring (bicyclic) bond motifs is 1. The van der Waals surface area contributed by atoms with E-state index in [1.54, 1.807) is 18.4 Å². The third-order valence-electron chi connectivity index (χ3n) is 6.39. The number of nitrogens with zero attached hydrogens (tertiary/aromatic N) is 5. The van der Waals surface area contributed by atoms with Crippen molar-refractivity contribution in [3.8, 4) is 0 Å². The molecule has 3 heterocycles. The zero-order valence-corrected chi connectivity index (χ0v) is 19.6. The van der Waals surface area contributed by atoms with Crippen molar-refractivity contribution in [2.45, 2.75) is 51.5 Å². The molecule has 8 heteroatoms. The van der Waals surface area contributed by atoms with Crippen molar-refractivity contribution in [2.75, 3.05) is 38.6 Å². The highest BCUT2D eigenvalue weighted by atomic mass is 32.2. The van der Waals surface area contributed by atoms with Gasteiger partial charge in [-0.25, -0.2) is 9.97 Å². The molecular formula is C23H33N5O2S. The summed E-state index contributed by atoms with van der Waals surface area (Å²) in [5.41, 5.74) is 3.51. The highest BCUT2D eigenvalue weighted by Crippen LogP contribution is 2.35. The molecule has 2 aliphatic rings. The minimum atomic E-state index is -3.52. The van der Waals surface area contributed by atoms with Gasteiger partial charge < -0.3 is 4.90 Å². The Kier molecular flexibility index (Phi) is 6.60. The first kappa shape index (κ1) is 22.2. The lowest BCUT2D eigenvalue weighted by Gasteiger charge is -2.37. The fourth-order valence-corrected chi connectivity index (χ4v) is 5.93. The maximum Gasteiger partial charge on any atom is 0.282 e. The van der Waals surface area contributed by atoms with E-state index in [0.717, 1.165) is 63.1 Å². The van der Waals surface area contributed by atoms with Crippen molar-refractivity contribution < 1.29 is 8.42 Å². The topological polar surface area (TPSA) is 69.6 Å². The maximum atomic E-state index is 13.0. The molecule has 1 atom stereocenters. The van der Waals surface area contributed by atoms with E-state index in [2.05, 4.69) is 29.2 Å². The molecular weight excluding hydrogens is 410 g/mol. The first-order chi connectivity index (χ1) is 14.9. The van der Waals surface area contributed by atoms with E-state index >= 15 is 0 Å². The second-order valence-electron chi connectivity index (χ2n) is 8.71. The summed E-state index contributed by atoms with van der Waals surface area (Å²) < 4.78 is 28.8. The Balaban J connectivity index is 1.65. The maximum absolute atomic E-state index is 13.0. The molecule has 0 bridgehead atoms. The second-order valence-corrected chi connectivity index (χ2v) is 10.8. The van der Waals surface area contributed by atoms with Crippen molar-refractivity contribution >= 4 is 16.0 Å². The first-order valence-electron chi connectivity index (χ1n) is 11.2. The van der Waals surface area contributed by atoms with Crippen LogP contribution in [-0.4, -0.2) is 60.7 Å². The van der Waals surface area contributed by atoms with Crippen molar-refractivity contribution in [3.05, 3.63) is 53.0 Å². The Morgan fingerprint density at radius 2 is 1.84 bits per heavy atom. The Hall–Kier alpha value is -2.03. The number of aryl methyl sites for hydroxylation is 1. The standard InChI is InChI=1S/C23H33N5O2S/c1-18-20-12-9-15-27(17-14-19-10-5-4-6-11-19)23(20)25-22(24-18)21-13-7-8-16-28(21)31(29,30)26(2)3/h4-6,10-11,21H,7-9,12-17H2,1-3H3/t21-/m1/s1. The number of rotatable bonds is 6. The van der Waals surface area contributed by atoms with Gasteiger partial charge in [-0.15, -0.1) is 0 Å². The summed E-state index contributed by atoms with van der Waals surface area (Å²) in [4.78, 5) is 12.2. The Morgan fingerprint density at radius 1 is 1.06 bits per heavy atom. The largest absolute Gasteiger partial charge is 0.356 e. The summed E-state index contributed by atoms with van der Waals surface area (Å²) in [5.74, 6) is 1.64. The molecule has 2 aromatic rings. The van der Waals surface area contributed by atoms with Gasteiger partial charge in [0.1, 0.15) is 11.6 Å². The van der Waals surface area contributed by atoms with Crippen molar-refractivity contribution in [1.82, 2.24) is 18.6 Å². The molecule has 0 spiro atoms. The average Bonchev–Trinajstić information content (AvgIpc) is 2.78. The van der Waals surface area contributed by atoms with Crippen LogP contribution < -0.4 is 4.90 Å². The third-order valence-corrected chi connectivity index (χ3v) is 8.34. The van der Waals surface area contributed by atoms with Gasteiger partial charge in [-0.2, -0.15) is 17.0 Å². The van der Waals surface area contributed by atoms with Crippen LogP contribution in [0, 0.1) is 6.92 Å².